The standard InChI is InChI=1S/C12H15N3O2/c1-8(16)14-7-9-4-5-13-11(6-9)12(17)15-10-2-3-10/h4-6,10H,2-3,7H2,1H3,(H,14,16)(H,15,17). The summed E-state index contributed by atoms with van der Waals surface area (Å²) in [6.45, 7) is 1.88. The molecule has 1 fully saturated rings. The van der Waals surface area contributed by atoms with Gasteiger partial charge >= 0.3 is 0 Å². The third kappa shape index (κ3) is 3.55. The van der Waals surface area contributed by atoms with Crippen LogP contribution in [0, 0.1) is 0 Å². The number of nitrogens with one attached hydrogen (secondary N) is 2. The molecule has 1 aliphatic carbocycles. The summed E-state index contributed by atoms with van der Waals surface area (Å²) >= 11 is 0. The Labute approximate surface area is 99.6 Å². The van der Waals surface area contributed by atoms with Crippen molar-refractivity contribution in [2.24, 2.45) is 0 Å². The Balaban J connectivity index is 1.99. The van der Waals surface area contributed by atoms with Crippen molar-refractivity contribution >= 4 is 11.8 Å². The van der Waals surface area contributed by atoms with E-state index in [2.05, 4.69) is 15.6 Å². The van der Waals surface area contributed by atoms with Gasteiger partial charge in [0.1, 0.15) is 5.69 Å². The van der Waals surface area contributed by atoms with Gasteiger partial charge in [-0.05, 0) is 30.5 Å². The number of amides is 2. The van der Waals surface area contributed by atoms with Crippen molar-refractivity contribution in [1.29, 1.82) is 0 Å². The zero-order valence-electron chi connectivity index (χ0n) is 9.69. The lowest BCUT2D eigenvalue weighted by molar-refractivity contribution is -0.119. The van der Waals surface area contributed by atoms with Gasteiger partial charge in [0.2, 0.25) is 5.91 Å². The summed E-state index contributed by atoms with van der Waals surface area (Å²) in [5.74, 6) is -0.233. The summed E-state index contributed by atoms with van der Waals surface area (Å²) in [6.07, 6.45) is 3.69. The molecule has 0 spiro atoms. The summed E-state index contributed by atoms with van der Waals surface area (Å²) in [4.78, 5) is 26.5. The third-order valence-electron chi connectivity index (χ3n) is 2.51. The van der Waals surface area contributed by atoms with Gasteiger partial charge in [-0.25, -0.2) is 0 Å². The largest absolute Gasteiger partial charge is 0.352 e. The molecule has 1 aromatic rings. The van der Waals surface area contributed by atoms with Gasteiger partial charge in [-0.3, -0.25) is 14.6 Å². The van der Waals surface area contributed by atoms with E-state index >= 15 is 0 Å². The van der Waals surface area contributed by atoms with Gasteiger partial charge in [-0.15, -0.1) is 0 Å². The average molecular weight is 233 g/mol. The van der Waals surface area contributed by atoms with Gasteiger partial charge in [-0.1, -0.05) is 0 Å². The van der Waals surface area contributed by atoms with Crippen LogP contribution in [-0.4, -0.2) is 22.8 Å². The Morgan fingerprint density at radius 1 is 1.47 bits per heavy atom. The van der Waals surface area contributed by atoms with Crippen LogP contribution in [0.4, 0.5) is 0 Å². The molecule has 1 aromatic heterocycles. The summed E-state index contributed by atoms with van der Waals surface area (Å²) < 4.78 is 0. The van der Waals surface area contributed by atoms with Crippen molar-refractivity contribution < 1.29 is 9.59 Å². The van der Waals surface area contributed by atoms with E-state index in [1.54, 1.807) is 18.3 Å². The summed E-state index contributed by atoms with van der Waals surface area (Å²) in [6, 6.07) is 3.81. The van der Waals surface area contributed by atoms with E-state index in [-0.39, 0.29) is 11.8 Å². The molecule has 0 aromatic carbocycles. The minimum Gasteiger partial charge on any atom is -0.352 e. The fourth-order valence-corrected chi connectivity index (χ4v) is 1.42. The first-order chi connectivity index (χ1) is 8.15. The smallest absolute Gasteiger partial charge is 0.270 e. The van der Waals surface area contributed by atoms with Gasteiger partial charge in [0.05, 0.1) is 0 Å². The number of rotatable bonds is 4. The van der Waals surface area contributed by atoms with Crippen molar-refractivity contribution in [3.05, 3.63) is 29.6 Å². The number of hydrogen-bond acceptors (Lipinski definition) is 3. The Bertz CT molecular complexity index is 441. The lowest BCUT2D eigenvalue weighted by atomic mass is 10.2. The molecule has 2 amide bonds. The molecule has 5 nitrogen and oxygen atoms in total. The highest BCUT2D eigenvalue weighted by Gasteiger charge is 2.24. The number of hydrogen-bond donors (Lipinski definition) is 2. The van der Waals surface area contributed by atoms with Crippen LogP contribution in [0.5, 0.6) is 0 Å². The van der Waals surface area contributed by atoms with E-state index in [1.807, 2.05) is 0 Å². The topological polar surface area (TPSA) is 71.1 Å². The first-order valence-electron chi connectivity index (χ1n) is 5.65. The predicted octanol–water partition coefficient (Wildman–Crippen LogP) is 0.610. The van der Waals surface area contributed by atoms with Crippen LogP contribution >= 0.6 is 0 Å². The monoisotopic (exact) mass is 233 g/mol. The van der Waals surface area contributed by atoms with Crippen LogP contribution in [0.15, 0.2) is 18.3 Å². The summed E-state index contributed by atoms with van der Waals surface area (Å²) in [5.41, 5.74) is 1.27. The molecule has 2 N–H and O–H groups in total. The Kier molecular flexibility index (Phi) is 3.37. The molecule has 5 heteroatoms. The normalized spacial score (nSPS) is 14.2. The van der Waals surface area contributed by atoms with Gasteiger partial charge in [0, 0.05) is 25.7 Å². The molecule has 0 bridgehead atoms. The van der Waals surface area contributed by atoms with E-state index in [1.165, 1.54) is 6.92 Å². The zero-order chi connectivity index (χ0) is 12.3. The molecule has 2 rings (SSSR count). The molecule has 17 heavy (non-hydrogen) atoms. The minimum atomic E-state index is -0.142. The van der Waals surface area contributed by atoms with E-state index in [9.17, 15) is 9.59 Å². The van der Waals surface area contributed by atoms with E-state index in [0.29, 0.717) is 18.3 Å². The Morgan fingerprint density at radius 2 is 2.24 bits per heavy atom. The van der Waals surface area contributed by atoms with Crippen LogP contribution in [0.3, 0.4) is 0 Å². The molecular formula is C12H15N3O2. The molecule has 90 valence electrons. The van der Waals surface area contributed by atoms with Gasteiger partial charge < -0.3 is 10.6 Å². The summed E-state index contributed by atoms with van der Waals surface area (Å²) in [7, 11) is 0. The first-order valence-corrected chi connectivity index (χ1v) is 5.65. The van der Waals surface area contributed by atoms with Gasteiger partial charge in [-0.2, -0.15) is 0 Å². The highest BCUT2D eigenvalue weighted by atomic mass is 16.2. The molecule has 0 saturated heterocycles. The number of pyridine rings is 1. The van der Waals surface area contributed by atoms with Gasteiger partial charge in [0.15, 0.2) is 0 Å². The maximum Gasteiger partial charge on any atom is 0.270 e. The van der Waals surface area contributed by atoms with E-state index in [0.717, 1.165) is 18.4 Å². The molecule has 1 heterocycles. The SMILES string of the molecule is CC(=O)NCc1ccnc(C(=O)NC2CC2)c1. The van der Waals surface area contributed by atoms with Crippen LogP contribution in [0.1, 0.15) is 35.8 Å². The van der Waals surface area contributed by atoms with Crippen molar-refractivity contribution in [3.63, 3.8) is 0 Å². The first kappa shape index (κ1) is 11.6. The van der Waals surface area contributed by atoms with Crippen LogP contribution < -0.4 is 10.6 Å². The highest BCUT2D eigenvalue weighted by Crippen LogP contribution is 2.19. The third-order valence-corrected chi connectivity index (χ3v) is 2.51. The predicted molar refractivity (Wildman–Crippen MR) is 62.2 cm³/mol. The lowest BCUT2D eigenvalue weighted by Gasteiger charge is -2.05. The van der Waals surface area contributed by atoms with Crippen molar-refractivity contribution in [3.8, 4) is 0 Å². The van der Waals surface area contributed by atoms with Crippen molar-refractivity contribution in [2.75, 3.05) is 0 Å². The average Bonchev–Trinajstić information content (AvgIpc) is 3.10. The summed E-state index contributed by atoms with van der Waals surface area (Å²) in [5, 5.41) is 5.56. The van der Waals surface area contributed by atoms with Crippen LogP contribution in [-0.2, 0) is 11.3 Å². The minimum absolute atomic E-state index is 0.0919. The Hall–Kier alpha value is -1.91. The molecule has 0 radical (unpaired) electrons. The van der Waals surface area contributed by atoms with Crippen molar-refractivity contribution in [1.82, 2.24) is 15.6 Å². The molecule has 0 aliphatic heterocycles. The highest BCUT2D eigenvalue weighted by molar-refractivity contribution is 5.92. The second kappa shape index (κ2) is 4.95. The number of carbonyl (C=O) groups is 2. The molecular weight excluding hydrogens is 218 g/mol. The second-order valence-corrected chi connectivity index (χ2v) is 4.21. The quantitative estimate of drug-likeness (QED) is 0.800. The fraction of sp³-hybridized carbons (Fsp3) is 0.417. The maximum atomic E-state index is 11.7. The molecule has 1 aliphatic rings. The fourth-order valence-electron chi connectivity index (χ4n) is 1.42. The molecule has 1 saturated carbocycles. The van der Waals surface area contributed by atoms with Crippen LogP contribution in [0.25, 0.3) is 0 Å². The van der Waals surface area contributed by atoms with Crippen molar-refractivity contribution in [2.45, 2.75) is 32.4 Å². The Morgan fingerprint density at radius 3 is 2.88 bits per heavy atom. The molecule has 0 atom stereocenters. The number of carbonyl (C=O) groups excluding carboxylic acids is 2. The maximum absolute atomic E-state index is 11.7. The zero-order valence-corrected chi connectivity index (χ0v) is 9.69. The molecule has 0 unspecified atom stereocenters. The number of aromatic nitrogens is 1. The lowest BCUT2D eigenvalue weighted by Crippen LogP contribution is -2.26. The van der Waals surface area contributed by atoms with Crippen LogP contribution in [0.2, 0.25) is 0 Å². The number of nitrogens with zero attached hydrogens (tertiary/aromatic N) is 1. The van der Waals surface area contributed by atoms with E-state index < -0.39 is 0 Å². The second-order valence-electron chi connectivity index (χ2n) is 4.21. The van der Waals surface area contributed by atoms with E-state index in [4.69, 9.17) is 0 Å². The van der Waals surface area contributed by atoms with Gasteiger partial charge in [0.25, 0.3) is 5.91 Å².